The average Bonchev–Trinajstić information content (AvgIpc) is 3.41. The zero-order chi connectivity index (χ0) is 20.1. The van der Waals surface area contributed by atoms with Crippen LogP contribution in [0.4, 0.5) is 0 Å². The Morgan fingerprint density at radius 2 is 1.62 bits per heavy atom. The molecule has 3 aromatic rings. The summed E-state index contributed by atoms with van der Waals surface area (Å²) >= 11 is 0. The molecule has 8 nitrogen and oxygen atoms in total. The normalized spacial score (nSPS) is 16.6. The minimum atomic E-state index is -0.851. The van der Waals surface area contributed by atoms with Gasteiger partial charge in [-0.05, 0) is 43.2 Å². The molecule has 29 heavy (non-hydrogen) atoms. The quantitative estimate of drug-likeness (QED) is 0.692. The molecule has 1 saturated carbocycles. The van der Waals surface area contributed by atoms with Gasteiger partial charge in [0.05, 0.1) is 27.7 Å². The van der Waals surface area contributed by atoms with Crippen LogP contribution in [0.25, 0.3) is 11.0 Å². The van der Waals surface area contributed by atoms with Gasteiger partial charge in [-0.1, -0.05) is 30.0 Å². The molecule has 8 heteroatoms. The molecule has 2 heterocycles. The molecule has 0 radical (unpaired) electrons. The lowest BCUT2D eigenvalue weighted by atomic mass is 10.1. The molecule has 1 N–H and O–H groups in total. The number of fused-ring (bicyclic) bond motifs is 2. The number of benzene rings is 2. The second-order valence-corrected chi connectivity index (χ2v) is 7.30. The van der Waals surface area contributed by atoms with E-state index in [4.69, 9.17) is 4.84 Å². The van der Waals surface area contributed by atoms with E-state index in [9.17, 15) is 19.2 Å². The van der Waals surface area contributed by atoms with Crippen molar-refractivity contribution in [3.8, 4) is 0 Å². The van der Waals surface area contributed by atoms with Gasteiger partial charge < -0.3 is 9.82 Å². The molecular weight excluding hydrogens is 374 g/mol. The summed E-state index contributed by atoms with van der Waals surface area (Å²) in [4.78, 5) is 57.5. The third-order valence-corrected chi connectivity index (χ3v) is 5.57. The van der Waals surface area contributed by atoms with Crippen molar-refractivity contribution in [1.29, 1.82) is 0 Å². The van der Waals surface area contributed by atoms with Crippen LogP contribution in [0, 0.1) is 0 Å². The Hall–Kier alpha value is -3.68. The minimum absolute atomic E-state index is 0.133. The molecule has 0 atom stereocenters. The van der Waals surface area contributed by atoms with Crippen molar-refractivity contribution < 1.29 is 19.2 Å². The van der Waals surface area contributed by atoms with Gasteiger partial charge in [-0.2, -0.15) is 0 Å². The Kier molecular flexibility index (Phi) is 3.87. The van der Waals surface area contributed by atoms with Gasteiger partial charge >= 0.3 is 11.7 Å². The summed E-state index contributed by atoms with van der Waals surface area (Å²) in [5.41, 5.74) is 1.54. The molecule has 0 saturated heterocycles. The summed E-state index contributed by atoms with van der Waals surface area (Å²) < 4.78 is 1.74. The van der Waals surface area contributed by atoms with Crippen molar-refractivity contribution in [2.45, 2.75) is 31.7 Å². The fourth-order valence-corrected chi connectivity index (χ4v) is 4.17. The fourth-order valence-electron chi connectivity index (χ4n) is 4.17. The van der Waals surface area contributed by atoms with Gasteiger partial charge in [-0.3, -0.25) is 14.2 Å². The van der Waals surface area contributed by atoms with E-state index in [1.54, 1.807) is 22.8 Å². The van der Waals surface area contributed by atoms with E-state index in [0.717, 1.165) is 31.2 Å². The lowest BCUT2D eigenvalue weighted by Gasteiger charge is -2.13. The summed E-state index contributed by atoms with van der Waals surface area (Å²) in [5.74, 6) is -2.21. The molecule has 1 aromatic heterocycles. The maximum atomic E-state index is 12.6. The zero-order valence-corrected chi connectivity index (χ0v) is 15.4. The highest BCUT2D eigenvalue weighted by atomic mass is 16.7. The van der Waals surface area contributed by atoms with Crippen molar-refractivity contribution >= 4 is 28.8 Å². The van der Waals surface area contributed by atoms with E-state index in [0.29, 0.717) is 10.6 Å². The zero-order valence-electron chi connectivity index (χ0n) is 15.4. The van der Waals surface area contributed by atoms with Crippen LogP contribution in [0.3, 0.4) is 0 Å². The van der Waals surface area contributed by atoms with Gasteiger partial charge in [0.2, 0.25) is 0 Å². The SMILES string of the molecule is O=C(ON1C(=O)c2ccccc2C1=O)c1ccc2c(c1)[nH]c(=O)n2C1CCCC1. The number of aromatic nitrogens is 2. The highest BCUT2D eigenvalue weighted by Crippen LogP contribution is 2.31. The third-order valence-electron chi connectivity index (χ3n) is 5.57. The van der Waals surface area contributed by atoms with Crippen LogP contribution in [0.5, 0.6) is 0 Å². The van der Waals surface area contributed by atoms with Crippen molar-refractivity contribution in [3.63, 3.8) is 0 Å². The monoisotopic (exact) mass is 391 g/mol. The lowest BCUT2D eigenvalue weighted by Crippen LogP contribution is -2.32. The average molecular weight is 391 g/mol. The summed E-state index contributed by atoms with van der Waals surface area (Å²) in [5, 5.41) is 0.476. The van der Waals surface area contributed by atoms with Crippen LogP contribution < -0.4 is 5.69 Å². The predicted molar refractivity (Wildman–Crippen MR) is 102 cm³/mol. The molecule has 2 aliphatic rings. The highest BCUT2D eigenvalue weighted by molar-refractivity contribution is 6.21. The van der Waals surface area contributed by atoms with E-state index in [1.165, 1.54) is 24.3 Å². The molecule has 2 aromatic carbocycles. The Balaban J connectivity index is 1.43. The number of imidazole rings is 1. The number of nitrogens with one attached hydrogen (secondary N) is 1. The van der Waals surface area contributed by atoms with Gasteiger partial charge in [0.15, 0.2) is 0 Å². The largest absolute Gasteiger partial charge is 0.364 e. The Labute approximate surface area is 164 Å². The van der Waals surface area contributed by atoms with Gasteiger partial charge in [0, 0.05) is 6.04 Å². The molecule has 1 aliphatic heterocycles. The maximum absolute atomic E-state index is 12.6. The number of carbonyl (C=O) groups is 3. The second-order valence-electron chi connectivity index (χ2n) is 7.30. The van der Waals surface area contributed by atoms with Crippen LogP contribution in [0.15, 0.2) is 47.3 Å². The molecule has 0 bridgehead atoms. The molecule has 5 rings (SSSR count). The highest BCUT2D eigenvalue weighted by Gasteiger charge is 2.38. The number of rotatable bonds is 3. The van der Waals surface area contributed by atoms with E-state index < -0.39 is 17.8 Å². The molecule has 146 valence electrons. The van der Waals surface area contributed by atoms with Crippen LogP contribution in [-0.2, 0) is 4.84 Å². The number of H-pyrrole nitrogens is 1. The molecule has 0 spiro atoms. The Morgan fingerprint density at radius 1 is 0.966 bits per heavy atom. The Morgan fingerprint density at radius 3 is 2.28 bits per heavy atom. The molecule has 2 amide bonds. The number of aromatic amines is 1. The lowest BCUT2D eigenvalue weighted by molar-refractivity contribution is -0.0584. The van der Waals surface area contributed by atoms with E-state index in [-0.39, 0.29) is 28.4 Å². The predicted octanol–water partition coefficient (Wildman–Crippen LogP) is 2.81. The molecule has 1 aliphatic carbocycles. The molecule has 0 unspecified atom stereocenters. The third kappa shape index (κ3) is 2.67. The molecule has 1 fully saturated rings. The maximum Gasteiger partial charge on any atom is 0.364 e. The van der Waals surface area contributed by atoms with Crippen LogP contribution in [-0.4, -0.2) is 32.4 Å². The van der Waals surface area contributed by atoms with Crippen molar-refractivity contribution in [3.05, 3.63) is 69.6 Å². The van der Waals surface area contributed by atoms with Crippen molar-refractivity contribution in [2.24, 2.45) is 0 Å². The number of nitrogens with zero attached hydrogens (tertiary/aromatic N) is 2. The van der Waals surface area contributed by atoms with Gasteiger partial charge in [0.25, 0.3) is 11.8 Å². The standard InChI is InChI=1S/C21H17N3O5/c25-18-14-7-3-4-8-15(14)19(26)24(18)29-20(27)12-9-10-17-16(11-12)22-21(28)23(17)13-5-1-2-6-13/h3-4,7-11,13H,1-2,5-6H2,(H,22,28). The number of amides is 2. The van der Waals surface area contributed by atoms with E-state index in [2.05, 4.69) is 4.98 Å². The second kappa shape index (κ2) is 6.44. The first-order valence-corrected chi connectivity index (χ1v) is 9.49. The Bertz CT molecular complexity index is 1200. The minimum Gasteiger partial charge on any atom is -0.324 e. The summed E-state index contributed by atoms with van der Waals surface area (Å²) in [7, 11) is 0. The molecular formula is C21H17N3O5. The first kappa shape index (κ1) is 17.4. The van der Waals surface area contributed by atoms with Crippen LogP contribution >= 0.6 is 0 Å². The number of imide groups is 1. The van der Waals surface area contributed by atoms with E-state index >= 15 is 0 Å². The van der Waals surface area contributed by atoms with Gasteiger partial charge in [-0.15, -0.1) is 0 Å². The van der Waals surface area contributed by atoms with E-state index in [1.807, 2.05) is 0 Å². The van der Waals surface area contributed by atoms with Gasteiger partial charge in [-0.25, -0.2) is 9.59 Å². The number of hydrogen-bond donors (Lipinski definition) is 1. The number of carbonyl (C=O) groups excluding carboxylic acids is 3. The first-order chi connectivity index (χ1) is 14.0. The summed E-state index contributed by atoms with van der Waals surface area (Å²) in [6, 6.07) is 11.2. The van der Waals surface area contributed by atoms with Crippen LogP contribution in [0.2, 0.25) is 0 Å². The number of hydrogen-bond acceptors (Lipinski definition) is 5. The summed E-state index contributed by atoms with van der Waals surface area (Å²) in [6.07, 6.45) is 4.09. The summed E-state index contributed by atoms with van der Waals surface area (Å²) in [6.45, 7) is 0. The van der Waals surface area contributed by atoms with Crippen LogP contribution in [0.1, 0.15) is 62.8 Å². The van der Waals surface area contributed by atoms with Gasteiger partial charge in [0.1, 0.15) is 0 Å². The smallest absolute Gasteiger partial charge is 0.324 e. The topological polar surface area (TPSA) is 101 Å². The van der Waals surface area contributed by atoms with Crippen molar-refractivity contribution in [2.75, 3.05) is 0 Å². The first-order valence-electron chi connectivity index (χ1n) is 9.49. The van der Waals surface area contributed by atoms with Crippen molar-refractivity contribution in [1.82, 2.24) is 14.6 Å². The number of hydroxylamine groups is 2. The fraction of sp³-hybridized carbons (Fsp3) is 0.238.